The van der Waals surface area contributed by atoms with Gasteiger partial charge in [-0.25, -0.2) is 0 Å². The number of carbonyl (C=O) groups is 1. The Morgan fingerprint density at radius 2 is 2.00 bits per heavy atom. The minimum atomic E-state index is 0.173. The molecule has 2 N–H and O–H groups in total. The molecule has 1 heterocycles. The van der Waals surface area contributed by atoms with Gasteiger partial charge in [-0.05, 0) is 31.7 Å². The first kappa shape index (κ1) is 12.8. The maximum Gasteiger partial charge on any atom is 0.226 e. The van der Waals surface area contributed by atoms with Crippen molar-refractivity contribution in [3.63, 3.8) is 0 Å². The van der Waals surface area contributed by atoms with E-state index >= 15 is 0 Å². The minimum absolute atomic E-state index is 0.173. The third-order valence-electron chi connectivity index (χ3n) is 4.06. The highest BCUT2D eigenvalue weighted by Crippen LogP contribution is 2.30. The molecule has 2 unspecified atom stereocenters. The fraction of sp³-hybridized carbons (Fsp3) is 0.923. The van der Waals surface area contributed by atoms with Crippen molar-refractivity contribution in [2.45, 2.75) is 32.1 Å². The number of hydrogen-bond acceptors (Lipinski definition) is 3. The quantitative estimate of drug-likeness (QED) is 0.783. The Balaban J connectivity index is 1.96. The summed E-state index contributed by atoms with van der Waals surface area (Å²) in [6, 6.07) is 0. The highest BCUT2D eigenvalue weighted by molar-refractivity contribution is 5.79. The van der Waals surface area contributed by atoms with Gasteiger partial charge < -0.3 is 15.4 Å². The van der Waals surface area contributed by atoms with Crippen LogP contribution in [-0.2, 0) is 9.53 Å². The molecular weight excluding hydrogens is 216 g/mol. The molecule has 0 spiro atoms. The Labute approximate surface area is 103 Å². The molecule has 1 amide bonds. The van der Waals surface area contributed by atoms with Crippen LogP contribution in [-0.4, -0.2) is 43.7 Å². The van der Waals surface area contributed by atoms with Gasteiger partial charge >= 0.3 is 0 Å². The van der Waals surface area contributed by atoms with Gasteiger partial charge in [0.15, 0.2) is 0 Å². The summed E-state index contributed by atoms with van der Waals surface area (Å²) >= 11 is 0. The predicted octanol–water partition coefficient (Wildman–Crippen LogP) is 1.00. The SMILES string of the molecule is NCC1CCCCC1C(=O)N1CCCOCC1. The lowest BCUT2D eigenvalue weighted by atomic mass is 9.78. The van der Waals surface area contributed by atoms with E-state index in [1.54, 1.807) is 0 Å². The van der Waals surface area contributed by atoms with Gasteiger partial charge in [-0.15, -0.1) is 0 Å². The molecule has 0 aromatic rings. The zero-order valence-corrected chi connectivity index (χ0v) is 10.6. The maximum absolute atomic E-state index is 12.5. The average molecular weight is 240 g/mol. The number of nitrogens with zero attached hydrogens (tertiary/aromatic N) is 1. The molecule has 98 valence electrons. The molecule has 4 nitrogen and oxygen atoms in total. The Morgan fingerprint density at radius 1 is 1.18 bits per heavy atom. The third-order valence-corrected chi connectivity index (χ3v) is 4.06. The summed E-state index contributed by atoms with van der Waals surface area (Å²) < 4.78 is 5.40. The van der Waals surface area contributed by atoms with E-state index in [4.69, 9.17) is 10.5 Å². The zero-order valence-electron chi connectivity index (χ0n) is 10.6. The zero-order chi connectivity index (χ0) is 12.1. The molecule has 2 fully saturated rings. The van der Waals surface area contributed by atoms with Crippen LogP contribution in [0, 0.1) is 11.8 Å². The number of nitrogens with two attached hydrogens (primary N) is 1. The van der Waals surface area contributed by atoms with Crippen LogP contribution in [0.1, 0.15) is 32.1 Å². The molecule has 1 saturated heterocycles. The maximum atomic E-state index is 12.5. The number of hydrogen-bond donors (Lipinski definition) is 1. The lowest BCUT2D eigenvalue weighted by Gasteiger charge is -2.33. The summed E-state index contributed by atoms with van der Waals surface area (Å²) in [6.45, 7) is 3.74. The van der Waals surface area contributed by atoms with Crippen molar-refractivity contribution in [2.24, 2.45) is 17.6 Å². The third kappa shape index (κ3) is 3.19. The van der Waals surface area contributed by atoms with Crippen LogP contribution in [0.25, 0.3) is 0 Å². The fourth-order valence-corrected chi connectivity index (χ4v) is 3.02. The van der Waals surface area contributed by atoms with Crippen molar-refractivity contribution < 1.29 is 9.53 Å². The summed E-state index contributed by atoms with van der Waals surface area (Å²) in [6.07, 6.45) is 5.52. The van der Waals surface area contributed by atoms with E-state index in [2.05, 4.69) is 0 Å². The van der Waals surface area contributed by atoms with Gasteiger partial charge in [0.25, 0.3) is 0 Å². The number of ether oxygens (including phenoxy) is 1. The van der Waals surface area contributed by atoms with Gasteiger partial charge in [0.05, 0.1) is 6.61 Å². The molecule has 0 aromatic heterocycles. The molecule has 2 rings (SSSR count). The summed E-state index contributed by atoms with van der Waals surface area (Å²) in [5, 5.41) is 0. The average Bonchev–Trinajstić information content (AvgIpc) is 2.66. The standard InChI is InChI=1S/C13H24N2O2/c14-10-11-4-1-2-5-12(11)13(16)15-6-3-8-17-9-7-15/h11-12H,1-10,14H2. The van der Waals surface area contributed by atoms with Crippen LogP contribution in [0.15, 0.2) is 0 Å². The van der Waals surface area contributed by atoms with Crippen molar-refractivity contribution in [2.75, 3.05) is 32.8 Å². The Bertz CT molecular complexity index is 250. The van der Waals surface area contributed by atoms with Crippen LogP contribution in [0.5, 0.6) is 0 Å². The van der Waals surface area contributed by atoms with Crippen molar-refractivity contribution >= 4 is 5.91 Å². The minimum Gasteiger partial charge on any atom is -0.380 e. The Morgan fingerprint density at radius 3 is 2.82 bits per heavy atom. The van der Waals surface area contributed by atoms with Gasteiger partial charge in [-0.3, -0.25) is 4.79 Å². The smallest absolute Gasteiger partial charge is 0.226 e. The van der Waals surface area contributed by atoms with E-state index in [1.807, 2.05) is 4.90 Å². The molecule has 0 aromatic carbocycles. The normalized spacial score (nSPS) is 31.0. The van der Waals surface area contributed by atoms with Crippen LogP contribution in [0.3, 0.4) is 0 Å². The van der Waals surface area contributed by atoms with E-state index in [-0.39, 0.29) is 5.92 Å². The molecule has 4 heteroatoms. The van der Waals surface area contributed by atoms with Gasteiger partial charge in [-0.1, -0.05) is 12.8 Å². The molecule has 0 bridgehead atoms. The first-order valence-corrected chi connectivity index (χ1v) is 6.89. The summed E-state index contributed by atoms with van der Waals surface area (Å²) in [5.41, 5.74) is 5.80. The largest absolute Gasteiger partial charge is 0.380 e. The van der Waals surface area contributed by atoms with Gasteiger partial charge in [-0.2, -0.15) is 0 Å². The number of carbonyl (C=O) groups excluding carboxylic acids is 1. The molecule has 1 aliphatic carbocycles. The highest BCUT2D eigenvalue weighted by atomic mass is 16.5. The van der Waals surface area contributed by atoms with Crippen molar-refractivity contribution in [3.05, 3.63) is 0 Å². The van der Waals surface area contributed by atoms with Crippen molar-refractivity contribution in [1.29, 1.82) is 0 Å². The summed E-state index contributed by atoms with van der Waals surface area (Å²) in [4.78, 5) is 14.5. The second-order valence-corrected chi connectivity index (χ2v) is 5.18. The van der Waals surface area contributed by atoms with Crippen LogP contribution in [0.4, 0.5) is 0 Å². The molecule has 2 aliphatic rings. The lowest BCUT2D eigenvalue weighted by Crippen LogP contribution is -2.43. The lowest BCUT2D eigenvalue weighted by molar-refractivity contribution is -0.138. The van der Waals surface area contributed by atoms with E-state index in [1.165, 1.54) is 12.8 Å². The van der Waals surface area contributed by atoms with Gasteiger partial charge in [0.2, 0.25) is 5.91 Å². The number of rotatable bonds is 2. The van der Waals surface area contributed by atoms with Crippen molar-refractivity contribution in [1.82, 2.24) is 4.90 Å². The Kier molecular flexibility index (Phi) is 4.80. The van der Waals surface area contributed by atoms with E-state index in [9.17, 15) is 4.79 Å². The topological polar surface area (TPSA) is 55.6 Å². The molecular formula is C13H24N2O2. The molecule has 1 aliphatic heterocycles. The monoisotopic (exact) mass is 240 g/mol. The van der Waals surface area contributed by atoms with Gasteiger partial charge in [0, 0.05) is 25.6 Å². The number of amides is 1. The highest BCUT2D eigenvalue weighted by Gasteiger charge is 2.32. The summed E-state index contributed by atoms with van der Waals surface area (Å²) in [5.74, 6) is 0.901. The first-order valence-electron chi connectivity index (χ1n) is 6.89. The van der Waals surface area contributed by atoms with Crippen LogP contribution >= 0.6 is 0 Å². The Hall–Kier alpha value is -0.610. The molecule has 17 heavy (non-hydrogen) atoms. The van der Waals surface area contributed by atoms with E-state index in [0.29, 0.717) is 25.0 Å². The van der Waals surface area contributed by atoms with E-state index in [0.717, 1.165) is 39.0 Å². The van der Waals surface area contributed by atoms with E-state index < -0.39 is 0 Å². The van der Waals surface area contributed by atoms with Gasteiger partial charge in [0.1, 0.15) is 0 Å². The molecule has 1 saturated carbocycles. The molecule has 0 radical (unpaired) electrons. The predicted molar refractivity (Wildman–Crippen MR) is 66.5 cm³/mol. The van der Waals surface area contributed by atoms with Crippen molar-refractivity contribution in [3.8, 4) is 0 Å². The van der Waals surface area contributed by atoms with Crippen LogP contribution in [0.2, 0.25) is 0 Å². The fourth-order valence-electron chi connectivity index (χ4n) is 3.02. The molecule has 2 atom stereocenters. The second kappa shape index (κ2) is 6.36. The van der Waals surface area contributed by atoms with Crippen LogP contribution < -0.4 is 5.73 Å². The first-order chi connectivity index (χ1) is 8.33. The summed E-state index contributed by atoms with van der Waals surface area (Å²) in [7, 11) is 0. The second-order valence-electron chi connectivity index (χ2n) is 5.18.